The Morgan fingerprint density at radius 2 is 0.929 bits per heavy atom. The van der Waals surface area contributed by atoms with Crippen molar-refractivity contribution in [3.63, 3.8) is 0 Å². The predicted octanol–water partition coefficient (Wildman–Crippen LogP) is 7.50. The molecule has 0 aromatic carbocycles. The molecule has 11 heteroatoms. The molecule has 1 amide bonds. The van der Waals surface area contributed by atoms with Gasteiger partial charge in [0.15, 0.2) is 6.29 Å². The third kappa shape index (κ3) is 25.6. The van der Waals surface area contributed by atoms with Crippen molar-refractivity contribution in [1.82, 2.24) is 5.32 Å². The van der Waals surface area contributed by atoms with Crippen LogP contribution in [0.3, 0.4) is 0 Å². The van der Waals surface area contributed by atoms with E-state index >= 15 is 0 Å². The van der Waals surface area contributed by atoms with Gasteiger partial charge in [-0.2, -0.15) is 0 Å². The molecule has 334 valence electrons. The normalized spacial score (nSPS) is 22.2. The molecule has 0 aromatic rings. The Balaban J connectivity index is 2.41. The lowest BCUT2D eigenvalue weighted by Crippen LogP contribution is -2.60. The molecule has 11 nitrogen and oxygen atoms in total. The lowest BCUT2D eigenvalue weighted by molar-refractivity contribution is -0.303. The van der Waals surface area contributed by atoms with Crippen LogP contribution in [0.25, 0.3) is 0 Å². The van der Waals surface area contributed by atoms with Gasteiger partial charge in [0.1, 0.15) is 36.6 Å². The molecule has 0 aromatic heterocycles. The Kier molecular flexibility index (Phi) is 34.2. The molecule has 0 spiro atoms. The Morgan fingerprint density at radius 3 is 1.32 bits per heavy atom. The number of aliphatic hydroxyl groups is 7. The van der Waals surface area contributed by atoms with E-state index in [9.17, 15) is 40.5 Å². The van der Waals surface area contributed by atoms with E-state index in [1.807, 2.05) is 0 Å². The first-order valence-corrected chi connectivity index (χ1v) is 23.4. The van der Waals surface area contributed by atoms with Crippen molar-refractivity contribution in [1.29, 1.82) is 0 Å². The maximum atomic E-state index is 13.1. The number of unbranched alkanes of at least 4 members (excludes halogenated alkanes) is 27. The second-order valence-electron chi connectivity index (χ2n) is 16.8. The number of carbonyl (C=O) groups excluding carboxylic acids is 1. The minimum Gasteiger partial charge on any atom is -0.394 e. The first-order valence-electron chi connectivity index (χ1n) is 23.4. The van der Waals surface area contributed by atoms with Gasteiger partial charge in [0.25, 0.3) is 0 Å². The summed E-state index contributed by atoms with van der Waals surface area (Å²) < 4.78 is 11.1. The van der Waals surface area contributed by atoms with E-state index in [4.69, 9.17) is 9.47 Å². The third-order valence-corrected chi connectivity index (χ3v) is 11.7. The van der Waals surface area contributed by atoms with Gasteiger partial charge >= 0.3 is 0 Å². The average Bonchev–Trinajstić information content (AvgIpc) is 3.20. The molecular formula is C45H89NO10. The molecule has 0 saturated carbocycles. The third-order valence-electron chi connectivity index (χ3n) is 11.7. The summed E-state index contributed by atoms with van der Waals surface area (Å²) >= 11 is 0. The smallest absolute Gasteiger partial charge is 0.249 e. The first kappa shape index (κ1) is 53.1. The maximum Gasteiger partial charge on any atom is 0.249 e. The van der Waals surface area contributed by atoms with E-state index < -0.39 is 74.2 Å². The molecule has 1 aliphatic rings. The van der Waals surface area contributed by atoms with Crippen molar-refractivity contribution in [2.45, 2.75) is 268 Å². The van der Waals surface area contributed by atoms with Crippen molar-refractivity contribution in [3.8, 4) is 0 Å². The number of hydrogen-bond donors (Lipinski definition) is 8. The maximum absolute atomic E-state index is 13.1. The van der Waals surface area contributed by atoms with Crippen LogP contribution in [0.2, 0.25) is 0 Å². The molecule has 8 N–H and O–H groups in total. The number of ether oxygens (including phenoxy) is 2. The highest BCUT2D eigenvalue weighted by atomic mass is 16.7. The molecule has 0 bridgehead atoms. The molecule has 0 aliphatic carbocycles. The highest BCUT2D eigenvalue weighted by molar-refractivity contribution is 5.80. The van der Waals surface area contributed by atoms with Gasteiger partial charge in [-0.15, -0.1) is 0 Å². The van der Waals surface area contributed by atoms with Crippen LogP contribution in [-0.4, -0.2) is 110 Å². The summed E-state index contributed by atoms with van der Waals surface area (Å²) in [5, 5.41) is 75.6. The summed E-state index contributed by atoms with van der Waals surface area (Å²) in [6.07, 6.45) is 24.4. The Bertz CT molecular complexity index is 882. The molecular weight excluding hydrogens is 714 g/mol. The van der Waals surface area contributed by atoms with Gasteiger partial charge in [-0.1, -0.05) is 200 Å². The van der Waals surface area contributed by atoms with E-state index in [1.54, 1.807) is 0 Å². The van der Waals surface area contributed by atoms with Crippen LogP contribution in [0.1, 0.15) is 213 Å². The Labute approximate surface area is 341 Å². The van der Waals surface area contributed by atoms with Crippen LogP contribution in [0.15, 0.2) is 0 Å². The SMILES string of the molecule is CCCCCCCCCCCCCCCCCCCC[C@@H](O)C(=O)N[C@@H](CO[C@@H]1O[C@H](CO)[C@H](O)[C@H](O)[C@@H]1O)[C@H](O)[C@H](O)CCCCCCCCCCCCC. The molecule has 1 heterocycles. The van der Waals surface area contributed by atoms with Crippen LogP contribution < -0.4 is 5.32 Å². The molecule has 0 unspecified atom stereocenters. The standard InChI is InChI=1S/C45H89NO10/c1-3-5-7-9-11-13-15-16-17-18-19-20-21-23-25-27-29-31-33-38(49)44(54)46-36(35-55-45-43(53)42(52)41(51)39(34-47)56-45)40(50)37(48)32-30-28-26-24-22-14-12-10-8-6-4-2/h36-43,45,47-53H,3-35H2,1-2H3,(H,46,54)/t36-,37+,38+,39+,40-,41-,42-,43-,45+/m0/s1. The van der Waals surface area contributed by atoms with Crippen molar-refractivity contribution in [2.75, 3.05) is 13.2 Å². The molecule has 0 radical (unpaired) electrons. The van der Waals surface area contributed by atoms with E-state index in [0.29, 0.717) is 19.3 Å². The van der Waals surface area contributed by atoms with E-state index in [-0.39, 0.29) is 6.42 Å². The highest BCUT2D eigenvalue weighted by Crippen LogP contribution is 2.23. The lowest BCUT2D eigenvalue weighted by atomic mass is 9.98. The fourth-order valence-corrected chi connectivity index (χ4v) is 7.74. The number of hydrogen-bond acceptors (Lipinski definition) is 10. The van der Waals surface area contributed by atoms with Gasteiger partial charge in [0.2, 0.25) is 5.91 Å². The highest BCUT2D eigenvalue weighted by Gasteiger charge is 2.44. The van der Waals surface area contributed by atoms with Gasteiger partial charge in [0.05, 0.1) is 25.4 Å². The Hall–Kier alpha value is -0.890. The van der Waals surface area contributed by atoms with Crippen molar-refractivity contribution in [3.05, 3.63) is 0 Å². The minimum absolute atomic E-state index is 0.266. The fourth-order valence-electron chi connectivity index (χ4n) is 7.74. The van der Waals surface area contributed by atoms with Gasteiger partial charge in [-0.3, -0.25) is 4.79 Å². The average molecular weight is 804 g/mol. The molecule has 1 rings (SSSR count). The molecule has 56 heavy (non-hydrogen) atoms. The molecule has 1 saturated heterocycles. The van der Waals surface area contributed by atoms with Crippen molar-refractivity contribution >= 4 is 5.91 Å². The summed E-state index contributed by atoms with van der Waals surface area (Å²) in [5.74, 6) is -0.694. The summed E-state index contributed by atoms with van der Waals surface area (Å²) in [4.78, 5) is 13.1. The fraction of sp³-hybridized carbons (Fsp3) is 0.978. The van der Waals surface area contributed by atoms with Crippen molar-refractivity contribution in [2.24, 2.45) is 0 Å². The number of amides is 1. The van der Waals surface area contributed by atoms with Crippen LogP contribution >= 0.6 is 0 Å². The number of nitrogens with one attached hydrogen (secondary N) is 1. The summed E-state index contributed by atoms with van der Waals surface area (Å²) in [6.45, 7) is 3.44. The number of carbonyl (C=O) groups is 1. The van der Waals surface area contributed by atoms with Gasteiger partial charge in [-0.05, 0) is 12.8 Å². The van der Waals surface area contributed by atoms with Crippen LogP contribution in [0.4, 0.5) is 0 Å². The van der Waals surface area contributed by atoms with Gasteiger partial charge < -0.3 is 50.5 Å². The first-order chi connectivity index (χ1) is 27.2. The summed E-state index contributed by atoms with van der Waals surface area (Å²) in [7, 11) is 0. The number of rotatable bonds is 39. The van der Waals surface area contributed by atoms with Gasteiger partial charge in [-0.25, -0.2) is 0 Å². The topological polar surface area (TPSA) is 189 Å². The molecule has 1 aliphatic heterocycles. The largest absolute Gasteiger partial charge is 0.394 e. The summed E-state index contributed by atoms with van der Waals surface area (Å²) in [5.41, 5.74) is 0. The predicted molar refractivity (Wildman–Crippen MR) is 224 cm³/mol. The zero-order valence-electron chi connectivity index (χ0n) is 35.9. The van der Waals surface area contributed by atoms with Crippen LogP contribution in [0.5, 0.6) is 0 Å². The van der Waals surface area contributed by atoms with Crippen LogP contribution in [0, 0.1) is 0 Å². The summed E-state index contributed by atoms with van der Waals surface area (Å²) in [6, 6.07) is -1.16. The van der Waals surface area contributed by atoms with E-state index in [1.165, 1.54) is 135 Å². The second kappa shape index (κ2) is 36.0. The minimum atomic E-state index is -1.65. The monoisotopic (exact) mass is 804 g/mol. The molecule has 1 fully saturated rings. The lowest BCUT2D eigenvalue weighted by Gasteiger charge is -2.40. The van der Waals surface area contributed by atoms with Crippen LogP contribution in [-0.2, 0) is 14.3 Å². The zero-order chi connectivity index (χ0) is 41.2. The quantitative estimate of drug-likeness (QED) is 0.0289. The van der Waals surface area contributed by atoms with E-state index in [2.05, 4.69) is 19.2 Å². The van der Waals surface area contributed by atoms with E-state index in [0.717, 1.165) is 38.5 Å². The Morgan fingerprint density at radius 1 is 0.554 bits per heavy atom. The molecule has 9 atom stereocenters. The zero-order valence-corrected chi connectivity index (χ0v) is 35.9. The second-order valence-corrected chi connectivity index (χ2v) is 16.8. The van der Waals surface area contributed by atoms with Crippen molar-refractivity contribution < 1.29 is 50.0 Å². The number of aliphatic hydroxyl groups excluding tert-OH is 7. The van der Waals surface area contributed by atoms with Gasteiger partial charge in [0, 0.05) is 0 Å².